The van der Waals surface area contributed by atoms with E-state index in [1.807, 2.05) is 35.6 Å². The molecule has 1 atom stereocenters. The highest BCUT2D eigenvalue weighted by molar-refractivity contribution is 7.25. The second kappa shape index (κ2) is 14.2. The molecule has 10 rings (SSSR count). The molecule has 1 N–H and O–H groups in total. The summed E-state index contributed by atoms with van der Waals surface area (Å²) >= 11 is 1.82. The summed E-state index contributed by atoms with van der Waals surface area (Å²) in [5.41, 5.74) is 12.8. The molecule has 2 heterocycles. The summed E-state index contributed by atoms with van der Waals surface area (Å²) in [7, 11) is 0. The van der Waals surface area contributed by atoms with E-state index in [1.165, 1.54) is 64.7 Å². The number of hydrogen-bond acceptors (Lipinski definition) is 4. The highest BCUT2D eigenvalue weighted by Crippen LogP contribution is 2.41. The second-order valence-corrected chi connectivity index (χ2v) is 14.8. The van der Waals surface area contributed by atoms with Gasteiger partial charge in [-0.3, -0.25) is 0 Å². The molecule has 8 aromatic carbocycles. The topological polar surface area (TPSA) is 36.8 Å². The molecule has 55 heavy (non-hydrogen) atoms. The number of hydrogen-bond donors (Lipinski definition) is 1. The number of rotatable bonds is 7. The Bertz CT molecular complexity index is 2870. The fraction of sp³-hybridized carbons (Fsp3) is 0.0196. The van der Waals surface area contributed by atoms with E-state index in [-0.39, 0.29) is 6.17 Å². The first-order valence-corrected chi connectivity index (χ1v) is 19.4. The highest BCUT2D eigenvalue weighted by atomic mass is 32.1. The predicted octanol–water partition coefficient (Wildman–Crippen LogP) is 13.2. The van der Waals surface area contributed by atoms with Crippen molar-refractivity contribution in [2.45, 2.75) is 6.17 Å². The molecule has 0 fully saturated rings. The summed E-state index contributed by atoms with van der Waals surface area (Å²) in [6.45, 7) is 0. The first kappa shape index (κ1) is 32.7. The second-order valence-electron chi connectivity index (χ2n) is 13.8. The summed E-state index contributed by atoms with van der Waals surface area (Å²) in [6.07, 6.45) is -0.255. The van der Waals surface area contributed by atoms with Gasteiger partial charge >= 0.3 is 0 Å². The van der Waals surface area contributed by atoms with Crippen LogP contribution in [-0.4, -0.2) is 11.7 Å². The Hall–Kier alpha value is -6.88. The number of aliphatic imine (C=N–C) groups is 2. The molecule has 0 spiro atoms. The minimum atomic E-state index is -0.255. The van der Waals surface area contributed by atoms with Crippen LogP contribution in [0.1, 0.15) is 22.9 Å². The fourth-order valence-electron chi connectivity index (χ4n) is 7.71. The molecule has 1 unspecified atom stereocenters. The molecule has 3 nitrogen and oxygen atoms in total. The third-order valence-corrected chi connectivity index (χ3v) is 11.5. The molecule has 0 bridgehead atoms. The van der Waals surface area contributed by atoms with Crippen molar-refractivity contribution in [3.63, 3.8) is 0 Å². The van der Waals surface area contributed by atoms with E-state index in [1.54, 1.807) is 0 Å². The number of fused-ring (bicyclic) bond motifs is 3. The number of amidine groups is 2. The van der Waals surface area contributed by atoms with Gasteiger partial charge in [0.05, 0.1) is 0 Å². The number of nitrogens with zero attached hydrogens (tertiary/aromatic N) is 2. The molecular weight excluding hydrogens is 687 g/mol. The Morgan fingerprint density at radius 1 is 0.400 bits per heavy atom. The smallest absolute Gasteiger partial charge is 0.160 e. The van der Waals surface area contributed by atoms with E-state index in [0.717, 1.165) is 28.4 Å². The molecular formula is C51H35N3S. The Morgan fingerprint density at radius 3 is 1.60 bits per heavy atom. The molecule has 0 saturated heterocycles. The first-order chi connectivity index (χ1) is 27.3. The van der Waals surface area contributed by atoms with Crippen LogP contribution in [0.2, 0.25) is 0 Å². The number of nitrogens with one attached hydrogen (secondary N) is 1. The Balaban J connectivity index is 1.04. The highest BCUT2D eigenvalue weighted by Gasteiger charge is 2.23. The molecule has 0 saturated carbocycles. The minimum Gasteiger partial charge on any atom is -0.344 e. The average molecular weight is 722 g/mol. The van der Waals surface area contributed by atoms with Gasteiger partial charge in [0.1, 0.15) is 12.0 Å². The maximum atomic E-state index is 5.23. The average Bonchev–Trinajstić information content (AvgIpc) is 3.66. The lowest BCUT2D eigenvalue weighted by Crippen LogP contribution is -2.33. The number of thiophene rings is 1. The van der Waals surface area contributed by atoms with Gasteiger partial charge in [-0.15, -0.1) is 11.3 Å². The normalized spacial score (nSPS) is 14.0. The Labute approximate surface area is 324 Å². The molecule has 0 amide bonds. The zero-order chi connectivity index (χ0) is 36.6. The maximum Gasteiger partial charge on any atom is 0.160 e. The van der Waals surface area contributed by atoms with E-state index >= 15 is 0 Å². The molecule has 9 aromatic rings. The fourth-order valence-corrected chi connectivity index (χ4v) is 8.82. The van der Waals surface area contributed by atoms with Gasteiger partial charge in [-0.25, -0.2) is 9.98 Å². The Kier molecular flexibility index (Phi) is 8.43. The lowest BCUT2D eigenvalue weighted by atomic mass is 9.89. The van der Waals surface area contributed by atoms with Crippen molar-refractivity contribution < 1.29 is 0 Å². The van der Waals surface area contributed by atoms with E-state index in [9.17, 15) is 0 Å². The van der Waals surface area contributed by atoms with Crippen LogP contribution in [0.15, 0.2) is 210 Å². The van der Waals surface area contributed by atoms with Crippen LogP contribution in [0.25, 0.3) is 64.7 Å². The van der Waals surface area contributed by atoms with Crippen LogP contribution < -0.4 is 5.32 Å². The molecule has 0 radical (unpaired) electrons. The van der Waals surface area contributed by atoms with Crippen LogP contribution in [0, 0.1) is 0 Å². The molecule has 1 aromatic heterocycles. The van der Waals surface area contributed by atoms with Crippen LogP contribution in [-0.2, 0) is 0 Å². The van der Waals surface area contributed by atoms with Crippen molar-refractivity contribution in [3.05, 3.63) is 217 Å². The molecule has 1 aliphatic rings. The van der Waals surface area contributed by atoms with E-state index in [4.69, 9.17) is 9.98 Å². The summed E-state index contributed by atoms with van der Waals surface area (Å²) in [4.78, 5) is 10.4. The van der Waals surface area contributed by atoms with Crippen molar-refractivity contribution >= 4 is 43.2 Å². The molecule has 260 valence electrons. The van der Waals surface area contributed by atoms with E-state index < -0.39 is 0 Å². The van der Waals surface area contributed by atoms with Crippen molar-refractivity contribution in [1.82, 2.24) is 5.32 Å². The van der Waals surface area contributed by atoms with Gasteiger partial charge in [-0.2, -0.15) is 0 Å². The van der Waals surface area contributed by atoms with Crippen LogP contribution in [0.5, 0.6) is 0 Å². The molecule has 0 aliphatic carbocycles. The van der Waals surface area contributed by atoms with Crippen LogP contribution >= 0.6 is 11.3 Å². The van der Waals surface area contributed by atoms with E-state index in [0.29, 0.717) is 0 Å². The summed E-state index contributed by atoms with van der Waals surface area (Å²) < 4.78 is 2.47. The first-order valence-electron chi connectivity index (χ1n) is 18.6. The number of benzene rings is 8. The molecule has 1 aliphatic heterocycles. The van der Waals surface area contributed by atoms with Gasteiger partial charge in [0, 0.05) is 31.3 Å². The van der Waals surface area contributed by atoms with Crippen molar-refractivity contribution in [3.8, 4) is 44.5 Å². The molecule has 4 heteroatoms. The van der Waals surface area contributed by atoms with Gasteiger partial charge in [-0.05, 0) is 68.3 Å². The van der Waals surface area contributed by atoms with Crippen molar-refractivity contribution in [2.24, 2.45) is 9.98 Å². The monoisotopic (exact) mass is 721 g/mol. The zero-order valence-corrected chi connectivity index (χ0v) is 30.7. The predicted molar refractivity (Wildman–Crippen MR) is 233 cm³/mol. The third-order valence-electron chi connectivity index (χ3n) is 10.4. The van der Waals surface area contributed by atoms with E-state index in [2.05, 4.69) is 181 Å². The summed E-state index contributed by atoms with van der Waals surface area (Å²) in [5, 5.41) is 6.01. The summed E-state index contributed by atoms with van der Waals surface area (Å²) in [5.74, 6) is 1.56. The van der Waals surface area contributed by atoms with Gasteiger partial charge in [0.25, 0.3) is 0 Å². The standard InChI is InChI=1S/C51H35N3S/c1-4-15-35(16-5-1)40-21-10-12-23-42(40)43-24-13-11-22-41(43)36-29-27-34(28-30-36)39-31-32-46-45(33-39)48-44(25-14-26-47(48)55-46)51-53-49(37-17-6-2-7-18-37)52-50(54-51)38-19-8-3-9-20-38/h1-33,49H,(H,52,53,54). The Morgan fingerprint density at radius 2 is 0.927 bits per heavy atom. The van der Waals surface area contributed by atoms with Gasteiger partial charge in [0.2, 0.25) is 0 Å². The largest absolute Gasteiger partial charge is 0.344 e. The van der Waals surface area contributed by atoms with Crippen molar-refractivity contribution in [2.75, 3.05) is 0 Å². The maximum absolute atomic E-state index is 5.23. The van der Waals surface area contributed by atoms with Crippen molar-refractivity contribution in [1.29, 1.82) is 0 Å². The zero-order valence-electron chi connectivity index (χ0n) is 29.9. The third kappa shape index (κ3) is 6.23. The van der Waals surface area contributed by atoms with Crippen LogP contribution in [0.4, 0.5) is 0 Å². The lowest BCUT2D eigenvalue weighted by molar-refractivity contribution is 0.674. The van der Waals surface area contributed by atoms with Crippen LogP contribution in [0.3, 0.4) is 0 Å². The van der Waals surface area contributed by atoms with Gasteiger partial charge in [0.15, 0.2) is 5.84 Å². The SMILES string of the molecule is c1ccc(C2=NC(c3cccc4sc5ccc(-c6ccc(-c7ccccc7-c7ccccc7-c7ccccc7)cc6)cc5c34)=NC(c3ccccc3)N2)cc1. The van der Waals surface area contributed by atoms with Gasteiger partial charge < -0.3 is 5.32 Å². The lowest BCUT2D eigenvalue weighted by Gasteiger charge is -2.24. The van der Waals surface area contributed by atoms with Gasteiger partial charge in [-0.1, -0.05) is 182 Å². The quantitative estimate of drug-likeness (QED) is 0.175. The minimum absolute atomic E-state index is 0.255. The summed E-state index contributed by atoms with van der Waals surface area (Å²) in [6, 6.07) is 71.2.